The van der Waals surface area contributed by atoms with E-state index in [1.807, 2.05) is 30.3 Å². The Kier molecular flexibility index (Phi) is 3.42. The molecule has 0 N–H and O–H groups in total. The van der Waals surface area contributed by atoms with Crippen molar-refractivity contribution >= 4 is 6.29 Å². The first-order chi connectivity index (χ1) is 10.3. The van der Waals surface area contributed by atoms with Crippen LogP contribution in [-0.2, 0) is 0 Å². The standard InChI is InChI=1S/C15H10FN3O2/c16-13-8-11(9-20)6-7-14(13)21-15-17-10-19(18-15)12-4-2-1-3-5-12/h1-10H. The number of carbonyl (C=O) groups excluding carboxylic acids is 1. The number of hydrogen-bond acceptors (Lipinski definition) is 4. The molecule has 21 heavy (non-hydrogen) atoms. The van der Waals surface area contributed by atoms with E-state index in [-0.39, 0.29) is 17.3 Å². The molecule has 0 bridgehead atoms. The normalized spacial score (nSPS) is 10.3. The van der Waals surface area contributed by atoms with Crippen LogP contribution >= 0.6 is 0 Å². The third kappa shape index (κ3) is 2.79. The van der Waals surface area contributed by atoms with E-state index in [9.17, 15) is 9.18 Å². The molecular weight excluding hydrogens is 273 g/mol. The maximum atomic E-state index is 13.7. The fourth-order valence-electron chi connectivity index (χ4n) is 1.77. The van der Waals surface area contributed by atoms with Gasteiger partial charge in [-0.05, 0) is 30.3 Å². The van der Waals surface area contributed by atoms with E-state index in [0.717, 1.165) is 11.8 Å². The molecule has 1 aromatic heterocycles. The molecule has 3 aromatic rings. The number of aromatic nitrogens is 3. The first kappa shape index (κ1) is 13.0. The summed E-state index contributed by atoms with van der Waals surface area (Å²) in [6, 6.07) is 13.3. The number of ether oxygens (including phenoxy) is 1. The lowest BCUT2D eigenvalue weighted by molar-refractivity contribution is 0.112. The Balaban J connectivity index is 1.83. The topological polar surface area (TPSA) is 57.0 Å². The molecule has 0 saturated carbocycles. The Bertz CT molecular complexity index is 772. The van der Waals surface area contributed by atoms with Crippen LogP contribution in [0.3, 0.4) is 0 Å². The summed E-state index contributed by atoms with van der Waals surface area (Å²) < 4.78 is 20.5. The van der Waals surface area contributed by atoms with Gasteiger partial charge in [0.15, 0.2) is 11.6 Å². The van der Waals surface area contributed by atoms with Crippen molar-refractivity contribution in [1.82, 2.24) is 14.8 Å². The molecule has 104 valence electrons. The zero-order chi connectivity index (χ0) is 14.7. The maximum absolute atomic E-state index is 13.7. The second-order valence-electron chi connectivity index (χ2n) is 4.22. The van der Waals surface area contributed by atoms with Crippen molar-refractivity contribution in [3.8, 4) is 17.4 Å². The van der Waals surface area contributed by atoms with Crippen molar-refractivity contribution in [1.29, 1.82) is 0 Å². The van der Waals surface area contributed by atoms with Gasteiger partial charge in [0.1, 0.15) is 12.6 Å². The van der Waals surface area contributed by atoms with Crippen LogP contribution in [0.1, 0.15) is 10.4 Å². The van der Waals surface area contributed by atoms with E-state index in [1.54, 1.807) is 0 Å². The van der Waals surface area contributed by atoms with Gasteiger partial charge in [0.05, 0.1) is 5.69 Å². The number of carbonyl (C=O) groups is 1. The van der Waals surface area contributed by atoms with Crippen LogP contribution in [0.25, 0.3) is 5.69 Å². The van der Waals surface area contributed by atoms with Gasteiger partial charge in [-0.2, -0.15) is 4.98 Å². The average molecular weight is 283 g/mol. The monoisotopic (exact) mass is 283 g/mol. The second kappa shape index (κ2) is 5.54. The highest BCUT2D eigenvalue weighted by atomic mass is 19.1. The molecule has 6 heteroatoms. The fraction of sp³-hybridized carbons (Fsp3) is 0. The predicted molar refractivity (Wildman–Crippen MR) is 73.2 cm³/mol. The summed E-state index contributed by atoms with van der Waals surface area (Å²) in [6.45, 7) is 0. The van der Waals surface area contributed by atoms with Crippen LogP contribution in [0.5, 0.6) is 11.8 Å². The zero-order valence-electron chi connectivity index (χ0n) is 10.8. The first-order valence-electron chi connectivity index (χ1n) is 6.16. The maximum Gasteiger partial charge on any atom is 0.341 e. The molecular formula is C15H10FN3O2. The number of halogens is 1. The molecule has 0 aliphatic rings. The van der Waals surface area contributed by atoms with Crippen molar-refractivity contribution in [3.05, 3.63) is 66.2 Å². The molecule has 0 saturated heterocycles. The summed E-state index contributed by atoms with van der Waals surface area (Å²) in [5.41, 5.74) is 1.05. The third-order valence-corrected chi connectivity index (χ3v) is 2.78. The summed E-state index contributed by atoms with van der Waals surface area (Å²) in [5.74, 6) is -0.679. The molecule has 0 aliphatic carbocycles. The fourth-order valence-corrected chi connectivity index (χ4v) is 1.77. The SMILES string of the molecule is O=Cc1ccc(Oc2ncn(-c3ccccc3)n2)c(F)c1. The minimum atomic E-state index is -0.643. The van der Waals surface area contributed by atoms with E-state index in [0.29, 0.717) is 6.29 Å². The van der Waals surface area contributed by atoms with Gasteiger partial charge < -0.3 is 4.74 Å². The molecule has 0 spiro atoms. The highest BCUT2D eigenvalue weighted by Gasteiger charge is 2.09. The Morgan fingerprint density at radius 3 is 2.67 bits per heavy atom. The molecule has 3 rings (SSSR count). The van der Waals surface area contributed by atoms with Gasteiger partial charge in [0, 0.05) is 5.56 Å². The van der Waals surface area contributed by atoms with Crippen molar-refractivity contribution in [2.75, 3.05) is 0 Å². The number of rotatable bonds is 4. The molecule has 0 fully saturated rings. The summed E-state index contributed by atoms with van der Waals surface area (Å²) in [5, 5.41) is 4.11. The van der Waals surface area contributed by atoms with Crippen LogP contribution < -0.4 is 4.74 Å². The molecule has 0 amide bonds. The van der Waals surface area contributed by atoms with Gasteiger partial charge in [-0.3, -0.25) is 4.79 Å². The second-order valence-corrected chi connectivity index (χ2v) is 4.22. The molecule has 0 unspecified atom stereocenters. The smallest absolute Gasteiger partial charge is 0.341 e. The lowest BCUT2D eigenvalue weighted by Crippen LogP contribution is -1.95. The van der Waals surface area contributed by atoms with Crippen molar-refractivity contribution in [2.24, 2.45) is 0 Å². The third-order valence-electron chi connectivity index (χ3n) is 2.78. The van der Waals surface area contributed by atoms with Gasteiger partial charge in [-0.15, -0.1) is 5.10 Å². The number of benzene rings is 2. The van der Waals surface area contributed by atoms with Gasteiger partial charge in [0.2, 0.25) is 0 Å². The van der Waals surface area contributed by atoms with Crippen molar-refractivity contribution < 1.29 is 13.9 Å². The molecule has 2 aromatic carbocycles. The highest BCUT2D eigenvalue weighted by Crippen LogP contribution is 2.22. The lowest BCUT2D eigenvalue weighted by atomic mass is 10.2. The largest absolute Gasteiger partial charge is 0.420 e. The Morgan fingerprint density at radius 1 is 1.14 bits per heavy atom. The molecule has 0 aliphatic heterocycles. The number of para-hydroxylation sites is 1. The van der Waals surface area contributed by atoms with Gasteiger partial charge in [0.25, 0.3) is 0 Å². The van der Waals surface area contributed by atoms with Crippen LogP contribution in [-0.4, -0.2) is 21.1 Å². The summed E-state index contributed by atoms with van der Waals surface area (Å²) in [4.78, 5) is 14.5. The minimum absolute atomic E-state index is 0.0246. The Labute approximate surface area is 119 Å². The quantitative estimate of drug-likeness (QED) is 0.691. The van der Waals surface area contributed by atoms with E-state index in [2.05, 4.69) is 10.1 Å². The number of aldehydes is 1. The van der Waals surface area contributed by atoms with Crippen molar-refractivity contribution in [2.45, 2.75) is 0 Å². The molecule has 1 heterocycles. The van der Waals surface area contributed by atoms with E-state index in [1.165, 1.54) is 23.1 Å². The molecule has 0 atom stereocenters. The van der Waals surface area contributed by atoms with E-state index >= 15 is 0 Å². The Hall–Kier alpha value is -3.02. The zero-order valence-corrected chi connectivity index (χ0v) is 10.8. The van der Waals surface area contributed by atoms with Gasteiger partial charge >= 0.3 is 6.01 Å². The number of nitrogens with zero attached hydrogens (tertiary/aromatic N) is 3. The summed E-state index contributed by atoms with van der Waals surface area (Å²) in [6.07, 6.45) is 2.04. The predicted octanol–water partition coefficient (Wildman–Crippen LogP) is 3.01. The average Bonchev–Trinajstić information content (AvgIpc) is 2.99. The van der Waals surface area contributed by atoms with Crippen LogP contribution in [0.2, 0.25) is 0 Å². The summed E-state index contributed by atoms with van der Waals surface area (Å²) >= 11 is 0. The van der Waals surface area contributed by atoms with Crippen molar-refractivity contribution in [3.63, 3.8) is 0 Å². The highest BCUT2D eigenvalue weighted by molar-refractivity contribution is 5.75. The molecule has 0 radical (unpaired) electrons. The minimum Gasteiger partial charge on any atom is -0.420 e. The van der Waals surface area contributed by atoms with Gasteiger partial charge in [-0.1, -0.05) is 18.2 Å². The van der Waals surface area contributed by atoms with Crippen LogP contribution in [0, 0.1) is 5.82 Å². The van der Waals surface area contributed by atoms with E-state index < -0.39 is 5.82 Å². The Morgan fingerprint density at radius 2 is 1.95 bits per heavy atom. The first-order valence-corrected chi connectivity index (χ1v) is 6.16. The lowest BCUT2D eigenvalue weighted by Gasteiger charge is -2.03. The van der Waals surface area contributed by atoms with Crippen LogP contribution in [0.15, 0.2) is 54.9 Å². The van der Waals surface area contributed by atoms with Crippen LogP contribution in [0.4, 0.5) is 4.39 Å². The summed E-state index contributed by atoms with van der Waals surface area (Å²) in [7, 11) is 0. The van der Waals surface area contributed by atoms with E-state index in [4.69, 9.17) is 4.74 Å². The number of hydrogen-bond donors (Lipinski definition) is 0. The molecule has 5 nitrogen and oxygen atoms in total. The van der Waals surface area contributed by atoms with Gasteiger partial charge in [-0.25, -0.2) is 9.07 Å².